The summed E-state index contributed by atoms with van der Waals surface area (Å²) in [4.78, 5) is 20.5. The Hall–Kier alpha value is -2.31. The largest absolute Gasteiger partial charge is 0.351 e. The summed E-state index contributed by atoms with van der Waals surface area (Å²) in [6.45, 7) is 10.2. The van der Waals surface area contributed by atoms with E-state index in [1.165, 1.54) is 0 Å². The van der Waals surface area contributed by atoms with Gasteiger partial charge in [0, 0.05) is 53.8 Å². The van der Waals surface area contributed by atoms with E-state index in [-0.39, 0.29) is 5.91 Å². The Bertz CT molecular complexity index is 892. The summed E-state index contributed by atoms with van der Waals surface area (Å²) in [5.74, 6) is 0.780. The fourth-order valence-electron chi connectivity index (χ4n) is 3.43. The van der Waals surface area contributed by atoms with E-state index >= 15 is 0 Å². The summed E-state index contributed by atoms with van der Waals surface area (Å²) in [5, 5.41) is 3.03. The number of carbonyl (C=O) groups excluding carboxylic acids is 1. The Morgan fingerprint density at radius 1 is 1.10 bits per heavy atom. The molecule has 3 rings (SSSR count). The van der Waals surface area contributed by atoms with Gasteiger partial charge in [-0.25, -0.2) is 4.98 Å². The van der Waals surface area contributed by atoms with Crippen molar-refractivity contribution in [2.45, 2.75) is 50.4 Å². The van der Waals surface area contributed by atoms with Crippen LogP contribution in [0.1, 0.15) is 43.7 Å². The van der Waals surface area contributed by atoms with Gasteiger partial charge in [-0.15, -0.1) is 11.8 Å². The lowest BCUT2D eigenvalue weighted by Gasteiger charge is -2.30. The van der Waals surface area contributed by atoms with Gasteiger partial charge in [-0.2, -0.15) is 0 Å². The number of pyridine rings is 1. The van der Waals surface area contributed by atoms with Gasteiger partial charge < -0.3 is 9.72 Å². The molecular weight excluding hydrogens is 380 g/mol. The average molecular weight is 411 g/mol. The van der Waals surface area contributed by atoms with Crippen molar-refractivity contribution in [3.63, 3.8) is 0 Å². The first kappa shape index (κ1) is 21.4. The first-order valence-corrected chi connectivity index (χ1v) is 11.1. The van der Waals surface area contributed by atoms with Crippen molar-refractivity contribution in [2.75, 3.05) is 13.1 Å². The number of nitrogens with one attached hydrogen (secondary N) is 1. The minimum absolute atomic E-state index is 0.0191. The molecule has 6 heteroatoms. The number of rotatable bonds is 9. The summed E-state index contributed by atoms with van der Waals surface area (Å²) in [6, 6.07) is 14.7. The lowest BCUT2D eigenvalue weighted by atomic mass is 10.2. The van der Waals surface area contributed by atoms with Crippen molar-refractivity contribution in [1.82, 2.24) is 19.6 Å². The van der Waals surface area contributed by atoms with Gasteiger partial charge in [-0.1, -0.05) is 6.07 Å². The summed E-state index contributed by atoms with van der Waals surface area (Å²) >= 11 is 1.72. The zero-order valence-corrected chi connectivity index (χ0v) is 18.4. The molecule has 0 atom stereocenters. The van der Waals surface area contributed by atoms with E-state index in [9.17, 15) is 4.79 Å². The van der Waals surface area contributed by atoms with E-state index < -0.39 is 0 Å². The summed E-state index contributed by atoms with van der Waals surface area (Å²) in [7, 11) is 0. The standard InChI is InChI=1S/C23H30N4OS/c1-17(2)27(18(3)4)14-12-24-23(28)19-8-10-21(11-9-19)29-16-20-15-26-13-6-5-7-22(26)25-20/h5-11,13,15,17-18H,12,14,16H2,1-4H3,(H,24,28). The average Bonchev–Trinajstić information content (AvgIpc) is 3.12. The maximum atomic E-state index is 12.4. The number of carbonyl (C=O) groups is 1. The Morgan fingerprint density at radius 3 is 2.48 bits per heavy atom. The highest BCUT2D eigenvalue weighted by Crippen LogP contribution is 2.23. The van der Waals surface area contributed by atoms with E-state index in [1.54, 1.807) is 11.8 Å². The van der Waals surface area contributed by atoms with Gasteiger partial charge >= 0.3 is 0 Å². The number of aromatic nitrogens is 2. The Balaban J connectivity index is 1.49. The molecule has 1 aromatic carbocycles. The molecule has 0 spiro atoms. The molecule has 0 saturated heterocycles. The predicted molar refractivity (Wildman–Crippen MR) is 121 cm³/mol. The molecule has 1 N–H and O–H groups in total. The molecule has 0 fully saturated rings. The number of hydrogen-bond donors (Lipinski definition) is 1. The summed E-state index contributed by atoms with van der Waals surface area (Å²) < 4.78 is 2.03. The van der Waals surface area contributed by atoms with Crippen LogP contribution < -0.4 is 5.32 Å². The van der Waals surface area contributed by atoms with Gasteiger partial charge in [0.25, 0.3) is 5.91 Å². The zero-order valence-electron chi connectivity index (χ0n) is 17.6. The van der Waals surface area contributed by atoms with Crippen LogP contribution in [0.5, 0.6) is 0 Å². The molecule has 29 heavy (non-hydrogen) atoms. The molecule has 2 heterocycles. The number of hydrogen-bond acceptors (Lipinski definition) is 4. The smallest absolute Gasteiger partial charge is 0.251 e. The van der Waals surface area contributed by atoms with Crippen LogP contribution in [0.15, 0.2) is 59.8 Å². The zero-order chi connectivity index (χ0) is 20.8. The molecule has 1 amide bonds. The van der Waals surface area contributed by atoms with E-state index in [2.05, 4.69) is 49.1 Å². The van der Waals surface area contributed by atoms with Gasteiger partial charge in [0.2, 0.25) is 0 Å². The quantitative estimate of drug-likeness (QED) is 0.529. The maximum Gasteiger partial charge on any atom is 0.251 e. The molecule has 5 nitrogen and oxygen atoms in total. The van der Waals surface area contributed by atoms with Gasteiger partial charge in [0.15, 0.2) is 0 Å². The van der Waals surface area contributed by atoms with Gasteiger partial charge in [-0.05, 0) is 64.1 Å². The highest BCUT2D eigenvalue weighted by molar-refractivity contribution is 7.98. The second-order valence-electron chi connectivity index (χ2n) is 7.69. The first-order valence-electron chi connectivity index (χ1n) is 10.1. The van der Waals surface area contributed by atoms with E-state index in [0.717, 1.165) is 28.5 Å². The minimum atomic E-state index is -0.0191. The van der Waals surface area contributed by atoms with Crippen LogP contribution in [0, 0.1) is 0 Å². The van der Waals surface area contributed by atoms with Crippen LogP contribution in [-0.4, -0.2) is 45.4 Å². The molecule has 0 aliphatic heterocycles. The van der Waals surface area contributed by atoms with Crippen LogP contribution in [-0.2, 0) is 5.75 Å². The molecule has 0 radical (unpaired) electrons. The third kappa shape index (κ3) is 5.84. The van der Waals surface area contributed by atoms with E-state index in [1.807, 2.05) is 53.1 Å². The van der Waals surface area contributed by atoms with Crippen LogP contribution >= 0.6 is 11.8 Å². The highest BCUT2D eigenvalue weighted by atomic mass is 32.2. The molecule has 0 aliphatic rings. The Labute approximate surface area is 177 Å². The van der Waals surface area contributed by atoms with Gasteiger partial charge in [-0.3, -0.25) is 9.69 Å². The van der Waals surface area contributed by atoms with Gasteiger partial charge in [0.1, 0.15) is 5.65 Å². The second-order valence-corrected chi connectivity index (χ2v) is 8.74. The van der Waals surface area contributed by atoms with Crippen molar-refractivity contribution < 1.29 is 4.79 Å². The lowest BCUT2D eigenvalue weighted by Crippen LogP contribution is -2.42. The Morgan fingerprint density at radius 2 is 1.83 bits per heavy atom. The third-order valence-corrected chi connectivity index (χ3v) is 5.94. The monoisotopic (exact) mass is 410 g/mol. The number of imidazole rings is 1. The van der Waals surface area contributed by atoms with Crippen LogP contribution in [0.4, 0.5) is 0 Å². The SMILES string of the molecule is CC(C)N(CCNC(=O)c1ccc(SCc2cn3ccccc3n2)cc1)C(C)C. The molecule has 0 bridgehead atoms. The minimum Gasteiger partial charge on any atom is -0.351 e. The van der Waals surface area contributed by atoms with Gasteiger partial charge in [0.05, 0.1) is 5.69 Å². The van der Waals surface area contributed by atoms with Crippen molar-refractivity contribution >= 4 is 23.3 Å². The number of fused-ring (bicyclic) bond motifs is 1. The molecule has 0 unspecified atom stereocenters. The molecule has 2 aromatic heterocycles. The summed E-state index contributed by atoms with van der Waals surface area (Å²) in [6.07, 6.45) is 4.06. The predicted octanol–water partition coefficient (Wildman–Crippen LogP) is 4.48. The number of benzene rings is 1. The third-order valence-electron chi connectivity index (χ3n) is 4.90. The normalized spacial score (nSPS) is 11.7. The number of amides is 1. The molecule has 0 saturated carbocycles. The number of nitrogens with zero attached hydrogens (tertiary/aromatic N) is 3. The molecule has 3 aromatic rings. The van der Waals surface area contributed by atoms with Crippen molar-refractivity contribution in [3.8, 4) is 0 Å². The fourth-order valence-corrected chi connectivity index (χ4v) is 4.21. The van der Waals surface area contributed by atoms with Crippen molar-refractivity contribution in [2.24, 2.45) is 0 Å². The van der Waals surface area contributed by atoms with Crippen LogP contribution in [0.25, 0.3) is 5.65 Å². The van der Waals surface area contributed by atoms with Crippen molar-refractivity contribution in [3.05, 3.63) is 66.1 Å². The fraction of sp³-hybridized carbons (Fsp3) is 0.391. The lowest BCUT2D eigenvalue weighted by molar-refractivity contribution is 0.0939. The maximum absolute atomic E-state index is 12.4. The first-order chi connectivity index (χ1) is 13.9. The molecule has 154 valence electrons. The van der Waals surface area contributed by atoms with Crippen LogP contribution in [0.3, 0.4) is 0 Å². The molecule has 0 aliphatic carbocycles. The van der Waals surface area contributed by atoms with Crippen molar-refractivity contribution in [1.29, 1.82) is 0 Å². The Kier molecular flexibility index (Phi) is 7.34. The highest BCUT2D eigenvalue weighted by Gasteiger charge is 2.13. The van der Waals surface area contributed by atoms with E-state index in [4.69, 9.17) is 0 Å². The van der Waals surface area contributed by atoms with E-state index in [0.29, 0.717) is 24.2 Å². The summed E-state index contributed by atoms with van der Waals surface area (Å²) in [5.41, 5.74) is 2.70. The second kappa shape index (κ2) is 9.94. The van der Waals surface area contributed by atoms with Crippen LogP contribution in [0.2, 0.25) is 0 Å². The topological polar surface area (TPSA) is 49.6 Å². The molecular formula is C23H30N4OS. The number of thioether (sulfide) groups is 1.